The molecule has 1 aromatic heterocycles. The summed E-state index contributed by atoms with van der Waals surface area (Å²) in [7, 11) is 0. The van der Waals surface area contributed by atoms with Crippen LogP contribution in [-0.4, -0.2) is 39.0 Å². The standard InChI is InChI=1S/C24H25N3O3/c1-15-8-10-27(11-9-15)23(29)19-5-3-4-17(13-19)20-14-21(26-24(30)25-20)18-6-7-22(28)16(2)12-18/h3-7,12-15,28H,8-11H2,1-2H3,(H,25,26,30). The van der Waals surface area contributed by atoms with Crippen molar-refractivity contribution in [2.45, 2.75) is 26.7 Å². The van der Waals surface area contributed by atoms with Gasteiger partial charge in [0.1, 0.15) is 5.75 Å². The van der Waals surface area contributed by atoms with E-state index in [1.165, 1.54) is 0 Å². The van der Waals surface area contributed by atoms with Crippen molar-refractivity contribution in [3.05, 3.63) is 70.1 Å². The van der Waals surface area contributed by atoms with Gasteiger partial charge in [-0.2, -0.15) is 4.98 Å². The van der Waals surface area contributed by atoms with Gasteiger partial charge in [-0.25, -0.2) is 4.79 Å². The normalized spacial score (nSPS) is 14.7. The van der Waals surface area contributed by atoms with Crippen LogP contribution in [0.4, 0.5) is 0 Å². The summed E-state index contributed by atoms with van der Waals surface area (Å²) in [5, 5.41) is 9.76. The SMILES string of the molecule is Cc1cc(-c2cc(-c3cccc(C(=O)N4CCC(C)CC4)c3)nc(=O)[nH]2)ccc1O. The summed E-state index contributed by atoms with van der Waals surface area (Å²) in [5.74, 6) is 0.874. The number of carbonyl (C=O) groups is 1. The lowest BCUT2D eigenvalue weighted by Gasteiger charge is -2.30. The maximum atomic E-state index is 12.9. The predicted octanol–water partition coefficient (Wildman–Crippen LogP) is 3.99. The van der Waals surface area contributed by atoms with Crippen molar-refractivity contribution in [3.63, 3.8) is 0 Å². The van der Waals surface area contributed by atoms with E-state index in [0.717, 1.165) is 37.1 Å². The number of H-pyrrole nitrogens is 1. The van der Waals surface area contributed by atoms with E-state index in [1.54, 1.807) is 37.3 Å². The molecule has 2 N–H and O–H groups in total. The number of aromatic hydroxyl groups is 1. The van der Waals surface area contributed by atoms with E-state index in [-0.39, 0.29) is 11.7 Å². The molecule has 1 amide bonds. The first-order chi connectivity index (χ1) is 14.4. The van der Waals surface area contributed by atoms with Gasteiger partial charge in [-0.1, -0.05) is 19.1 Å². The highest BCUT2D eigenvalue weighted by atomic mass is 16.3. The van der Waals surface area contributed by atoms with E-state index < -0.39 is 5.69 Å². The molecule has 1 saturated heterocycles. The zero-order valence-electron chi connectivity index (χ0n) is 17.2. The monoisotopic (exact) mass is 403 g/mol. The van der Waals surface area contributed by atoms with Crippen LogP contribution in [0.2, 0.25) is 0 Å². The number of phenols is 1. The summed E-state index contributed by atoms with van der Waals surface area (Å²) in [4.78, 5) is 33.9. The molecule has 0 aliphatic carbocycles. The summed E-state index contributed by atoms with van der Waals surface area (Å²) in [6.45, 7) is 5.57. The Kier molecular flexibility index (Phi) is 5.40. The number of nitrogens with zero attached hydrogens (tertiary/aromatic N) is 2. The molecule has 0 saturated carbocycles. The maximum absolute atomic E-state index is 12.9. The Morgan fingerprint density at radius 3 is 2.60 bits per heavy atom. The highest BCUT2D eigenvalue weighted by Gasteiger charge is 2.21. The highest BCUT2D eigenvalue weighted by molar-refractivity contribution is 5.95. The fourth-order valence-corrected chi connectivity index (χ4v) is 3.79. The lowest BCUT2D eigenvalue weighted by molar-refractivity contribution is 0.0697. The van der Waals surface area contributed by atoms with E-state index in [1.807, 2.05) is 23.1 Å². The van der Waals surface area contributed by atoms with Crippen LogP contribution in [0.25, 0.3) is 22.5 Å². The Morgan fingerprint density at radius 2 is 1.87 bits per heavy atom. The van der Waals surface area contributed by atoms with Crippen molar-refractivity contribution >= 4 is 5.91 Å². The number of aromatic nitrogens is 2. The number of benzene rings is 2. The smallest absolute Gasteiger partial charge is 0.345 e. The first-order valence-corrected chi connectivity index (χ1v) is 10.2. The van der Waals surface area contributed by atoms with E-state index in [4.69, 9.17) is 0 Å². The minimum Gasteiger partial charge on any atom is -0.508 e. The van der Waals surface area contributed by atoms with Gasteiger partial charge >= 0.3 is 5.69 Å². The predicted molar refractivity (Wildman–Crippen MR) is 116 cm³/mol. The summed E-state index contributed by atoms with van der Waals surface area (Å²) in [5.41, 5.74) is 3.46. The molecule has 0 atom stereocenters. The number of piperidine rings is 1. The Labute approximate surface area is 175 Å². The number of hydrogen-bond donors (Lipinski definition) is 2. The van der Waals surface area contributed by atoms with Crippen LogP contribution < -0.4 is 5.69 Å². The summed E-state index contributed by atoms with van der Waals surface area (Å²) in [6, 6.07) is 14.2. The van der Waals surface area contributed by atoms with Crippen LogP contribution in [0.1, 0.15) is 35.7 Å². The molecule has 4 rings (SSSR count). The fraction of sp³-hybridized carbons (Fsp3) is 0.292. The molecule has 1 fully saturated rings. The molecule has 6 nitrogen and oxygen atoms in total. The van der Waals surface area contributed by atoms with Gasteiger partial charge < -0.3 is 15.0 Å². The third-order valence-electron chi connectivity index (χ3n) is 5.73. The Hall–Kier alpha value is -3.41. The third-order valence-corrected chi connectivity index (χ3v) is 5.73. The first-order valence-electron chi connectivity index (χ1n) is 10.2. The van der Waals surface area contributed by atoms with Crippen molar-refractivity contribution in [3.8, 4) is 28.3 Å². The van der Waals surface area contributed by atoms with Gasteiger partial charge in [0, 0.05) is 24.2 Å². The lowest BCUT2D eigenvalue weighted by Crippen LogP contribution is -2.37. The van der Waals surface area contributed by atoms with Crippen LogP contribution in [0.15, 0.2) is 53.3 Å². The summed E-state index contributed by atoms with van der Waals surface area (Å²) >= 11 is 0. The van der Waals surface area contributed by atoms with Crippen molar-refractivity contribution in [2.75, 3.05) is 13.1 Å². The molecule has 0 spiro atoms. The Balaban J connectivity index is 1.67. The van der Waals surface area contributed by atoms with Crippen molar-refractivity contribution in [1.29, 1.82) is 0 Å². The molecule has 154 valence electrons. The van der Waals surface area contributed by atoms with Crippen LogP contribution in [-0.2, 0) is 0 Å². The van der Waals surface area contributed by atoms with Crippen molar-refractivity contribution in [1.82, 2.24) is 14.9 Å². The average Bonchev–Trinajstić information content (AvgIpc) is 2.75. The maximum Gasteiger partial charge on any atom is 0.345 e. The zero-order valence-corrected chi connectivity index (χ0v) is 17.2. The van der Waals surface area contributed by atoms with Gasteiger partial charge in [-0.05, 0) is 73.2 Å². The molecule has 3 aromatic rings. The van der Waals surface area contributed by atoms with E-state index in [0.29, 0.717) is 28.4 Å². The number of hydrogen-bond acceptors (Lipinski definition) is 4. The lowest BCUT2D eigenvalue weighted by atomic mass is 9.98. The molecule has 2 aromatic carbocycles. The quantitative estimate of drug-likeness (QED) is 0.692. The number of rotatable bonds is 3. The number of amides is 1. The van der Waals surface area contributed by atoms with Gasteiger partial charge in [0.05, 0.1) is 11.4 Å². The van der Waals surface area contributed by atoms with Crippen LogP contribution in [0.3, 0.4) is 0 Å². The number of carbonyl (C=O) groups excluding carboxylic acids is 1. The van der Waals surface area contributed by atoms with Crippen molar-refractivity contribution in [2.24, 2.45) is 5.92 Å². The minimum atomic E-state index is -0.463. The zero-order chi connectivity index (χ0) is 21.3. The first kappa shape index (κ1) is 19.9. The molecular formula is C24H25N3O3. The van der Waals surface area contributed by atoms with Gasteiger partial charge in [-0.15, -0.1) is 0 Å². The molecule has 2 heterocycles. The number of nitrogens with one attached hydrogen (secondary N) is 1. The fourth-order valence-electron chi connectivity index (χ4n) is 3.79. The second kappa shape index (κ2) is 8.14. The van der Waals surface area contributed by atoms with E-state index in [9.17, 15) is 14.7 Å². The second-order valence-electron chi connectivity index (χ2n) is 8.04. The molecule has 6 heteroatoms. The average molecular weight is 403 g/mol. The third kappa shape index (κ3) is 4.13. The van der Waals surface area contributed by atoms with Gasteiger partial charge in [0.25, 0.3) is 5.91 Å². The summed E-state index contributed by atoms with van der Waals surface area (Å²) in [6.07, 6.45) is 2.05. The number of phenolic OH excluding ortho intramolecular Hbond substituents is 1. The Morgan fingerprint density at radius 1 is 1.10 bits per heavy atom. The van der Waals surface area contributed by atoms with E-state index in [2.05, 4.69) is 16.9 Å². The van der Waals surface area contributed by atoms with E-state index >= 15 is 0 Å². The highest BCUT2D eigenvalue weighted by Crippen LogP contribution is 2.27. The summed E-state index contributed by atoms with van der Waals surface area (Å²) < 4.78 is 0. The molecule has 0 bridgehead atoms. The molecule has 1 aliphatic rings. The Bertz CT molecular complexity index is 1140. The minimum absolute atomic E-state index is 0.0166. The van der Waals surface area contributed by atoms with Crippen LogP contribution in [0, 0.1) is 12.8 Å². The van der Waals surface area contributed by atoms with Gasteiger partial charge in [0.2, 0.25) is 0 Å². The second-order valence-corrected chi connectivity index (χ2v) is 8.04. The van der Waals surface area contributed by atoms with Gasteiger partial charge in [-0.3, -0.25) is 4.79 Å². The molecule has 30 heavy (non-hydrogen) atoms. The van der Waals surface area contributed by atoms with Crippen LogP contribution in [0.5, 0.6) is 5.75 Å². The molecule has 0 radical (unpaired) electrons. The largest absolute Gasteiger partial charge is 0.508 e. The number of likely N-dealkylation sites (tertiary alicyclic amines) is 1. The van der Waals surface area contributed by atoms with Gasteiger partial charge in [0.15, 0.2) is 0 Å². The molecular weight excluding hydrogens is 378 g/mol. The molecule has 1 aliphatic heterocycles. The van der Waals surface area contributed by atoms with Crippen LogP contribution >= 0.6 is 0 Å². The van der Waals surface area contributed by atoms with Crippen molar-refractivity contribution < 1.29 is 9.90 Å². The number of aryl methyl sites for hydroxylation is 1. The number of aromatic amines is 1. The molecule has 0 unspecified atom stereocenters. The topological polar surface area (TPSA) is 86.3 Å².